The molecule has 3 heterocycles. The van der Waals surface area contributed by atoms with Crippen molar-refractivity contribution in [3.8, 4) is 0 Å². The first kappa shape index (κ1) is 17.7. The topological polar surface area (TPSA) is 75.6 Å². The van der Waals surface area contributed by atoms with Crippen molar-refractivity contribution in [2.45, 2.75) is 18.8 Å². The van der Waals surface area contributed by atoms with Crippen LogP contribution in [0.5, 0.6) is 0 Å². The molecule has 1 aromatic heterocycles. The fourth-order valence-corrected chi connectivity index (χ4v) is 3.67. The number of halogens is 2. The Balaban J connectivity index is 1.82. The van der Waals surface area contributed by atoms with Crippen LogP contribution in [-0.2, 0) is 9.53 Å². The van der Waals surface area contributed by atoms with Crippen LogP contribution in [0.3, 0.4) is 0 Å². The molecular weight excluding hydrogens is 334 g/mol. The Morgan fingerprint density at radius 1 is 1.36 bits per heavy atom. The lowest BCUT2D eigenvalue weighted by atomic mass is 9.76. The Bertz CT molecular complexity index is 658. The number of carbonyl (C=O) groups is 2. The lowest BCUT2D eigenvalue weighted by molar-refractivity contribution is -0.151. The number of nitrogens with zero attached hydrogens (tertiary/aromatic N) is 4. The number of methoxy groups -OCH3 is 1. The van der Waals surface area contributed by atoms with Crippen LogP contribution in [0.15, 0.2) is 18.5 Å². The van der Waals surface area contributed by atoms with Crippen molar-refractivity contribution in [1.82, 2.24) is 20.0 Å². The third-order valence-corrected chi connectivity index (χ3v) is 4.80. The van der Waals surface area contributed by atoms with Crippen molar-refractivity contribution < 1.29 is 23.1 Å². The molecule has 1 atom stereocenters. The summed E-state index contributed by atoms with van der Waals surface area (Å²) in [5, 5.41) is 7.19. The molecule has 1 aromatic rings. The second-order valence-corrected chi connectivity index (χ2v) is 6.64. The summed E-state index contributed by atoms with van der Waals surface area (Å²) >= 11 is 0. The summed E-state index contributed by atoms with van der Waals surface area (Å²) in [7, 11) is 1.52. The molecule has 2 saturated heterocycles. The van der Waals surface area contributed by atoms with E-state index in [4.69, 9.17) is 4.74 Å². The van der Waals surface area contributed by atoms with Crippen molar-refractivity contribution in [3.63, 3.8) is 0 Å². The molecule has 3 rings (SSSR count). The van der Waals surface area contributed by atoms with Gasteiger partial charge in [-0.25, -0.2) is 8.78 Å². The van der Waals surface area contributed by atoms with Gasteiger partial charge in [-0.2, -0.15) is 10.2 Å². The summed E-state index contributed by atoms with van der Waals surface area (Å²) < 4.78 is 33.7. The average Bonchev–Trinajstić information content (AvgIpc) is 2.87. The molecule has 0 radical (unpaired) electrons. The lowest BCUT2D eigenvalue weighted by Gasteiger charge is -2.42. The molecule has 0 aliphatic carbocycles. The lowest BCUT2D eigenvalue weighted by Crippen LogP contribution is -2.57. The largest absolute Gasteiger partial charge is 0.383 e. The molecule has 2 amide bonds. The van der Waals surface area contributed by atoms with Crippen LogP contribution < -0.4 is 0 Å². The van der Waals surface area contributed by atoms with Crippen molar-refractivity contribution in [2.75, 3.05) is 39.9 Å². The van der Waals surface area contributed by atoms with Gasteiger partial charge < -0.3 is 14.5 Å². The molecule has 136 valence electrons. The van der Waals surface area contributed by atoms with Gasteiger partial charge in [-0.1, -0.05) is 0 Å². The molecule has 0 bridgehead atoms. The van der Waals surface area contributed by atoms with Gasteiger partial charge in [-0.3, -0.25) is 9.59 Å². The predicted octanol–water partition coefficient (Wildman–Crippen LogP) is 0.823. The average molecular weight is 354 g/mol. The number of amides is 2. The summed E-state index contributed by atoms with van der Waals surface area (Å²) in [6.07, 6.45) is 2.35. The number of likely N-dealkylation sites (tertiary alicyclic amines) is 2. The van der Waals surface area contributed by atoms with Gasteiger partial charge in [0.15, 0.2) is 0 Å². The van der Waals surface area contributed by atoms with Gasteiger partial charge in [0, 0.05) is 33.2 Å². The maximum Gasteiger partial charge on any atom is 0.266 e. The standard InChI is InChI=1S/C16H20F2N4O3/c1-25-7-6-21-5-3-15(14(21)24)9-16(17,18)11-22(10-15)13(23)12-2-4-19-20-8-12/h2,4,8H,3,5-7,9-11H2,1H3. The van der Waals surface area contributed by atoms with Crippen LogP contribution in [-0.4, -0.2) is 77.6 Å². The SMILES string of the molecule is COCCN1CCC2(CN(C(=O)c3ccnnc3)CC(F)(F)C2)C1=O. The van der Waals surface area contributed by atoms with Crippen LogP contribution in [0.2, 0.25) is 0 Å². The first-order valence-electron chi connectivity index (χ1n) is 8.09. The summed E-state index contributed by atoms with van der Waals surface area (Å²) in [5.74, 6) is -3.99. The predicted molar refractivity (Wildman–Crippen MR) is 83.0 cm³/mol. The number of piperidine rings is 1. The maximum atomic E-state index is 14.4. The van der Waals surface area contributed by atoms with E-state index in [1.165, 1.54) is 25.6 Å². The third-order valence-electron chi connectivity index (χ3n) is 4.80. The Hall–Kier alpha value is -2.16. The second-order valence-electron chi connectivity index (χ2n) is 6.64. The quantitative estimate of drug-likeness (QED) is 0.800. The zero-order valence-corrected chi connectivity index (χ0v) is 14.0. The van der Waals surface area contributed by atoms with Gasteiger partial charge in [0.2, 0.25) is 5.91 Å². The van der Waals surface area contributed by atoms with E-state index in [2.05, 4.69) is 10.2 Å². The van der Waals surface area contributed by atoms with E-state index < -0.39 is 30.2 Å². The molecule has 2 aliphatic heterocycles. The van der Waals surface area contributed by atoms with Gasteiger partial charge in [-0.15, -0.1) is 0 Å². The van der Waals surface area contributed by atoms with Gasteiger partial charge in [0.25, 0.3) is 11.8 Å². The molecule has 2 fully saturated rings. The minimum atomic E-state index is -3.11. The van der Waals surface area contributed by atoms with Crippen LogP contribution in [0.1, 0.15) is 23.2 Å². The summed E-state index contributed by atoms with van der Waals surface area (Å²) in [5.41, 5.74) is -1.05. The van der Waals surface area contributed by atoms with Crippen molar-refractivity contribution >= 4 is 11.8 Å². The Kier molecular flexibility index (Phi) is 4.68. The van der Waals surface area contributed by atoms with Crippen LogP contribution in [0.25, 0.3) is 0 Å². The molecule has 1 unspecified atom stereocenters. The zero-order valence-electron chi connectivity index (χ0n) is 14.0. The smallest absolute Gasteiger partial charge is 0.266 e. The summed E-state index contributed by atoms with van der Waals surface area (Å²) in [6.45, 7) is 0.416. The third kappa shape index (κ3) is 3.46. The first-order valence-corrected chi connectivity index (χ1v) is 8.09. The fourth-order valence-electron chi connectivity index (χ4n) is 3.67. The van der Waals surface area contributed by atoms with E-state index in [1.807, 2.05) is 0 Å². The molecule has 0 aromatic carbocycles. The van der Waals surface area contributed by atoms with E-state index >= 15 is 0 Å². The molecular formula is C16H20F2N4O3. The van der Waals surface area contributed by atoms with Crippen LogP contribution in [0.4, 0.5) is 8.78 Å². The number of carbonyl (C=O) groups excluding carboxylic acids is 2. The summed E-state index contributed by atoms with van der Waals surface area (Å²) in [6, 6.07) is 1.43. The highest BCUT2D eigenvalue weighted by Gasteiger charge is 2.57. The number of alkyl halides is 2. The fraction of sp³-hybridized carbons (Fsp3) is 0.625. The van der Waals surface area contributed by atoms with Crippen molar-refractivity contribution in [3.05, 3.63) is 24.0 Å². The highest BCUT2D eigenvalue weighted by Crippen LogP contribution is 2.45. The molecule has 25 heavy (non-hydrogen) atoms. The number of aromatic nitrogens is 2. The normalized spacial score (nSPS) is 25.6. The molecule has 2 aliphatic rings. The first-order chi connectivity index (χ1) is 11.9. The van der Waals surface area contributed by atoms with Crippen molar-refractivity contribution in [1.29, 1.82) is 0 Å². The molecule has 7 nitrogen and oxygen atoms in total. The van der Waals surface area contributed by atoms with Gasteiger partial charge in [0.1, 0.15) is 0 Å². The number of ether oxygens (including phenoxy) is 1. The maximum absolute atomic E-state index is 14.4. The Morgan fingerprint density at radius 3 is 2.84 bits per heavy atom. The van der Waals surface area contributed by atoms with E-state index in [1.54, 1.807) is 4.90 Å². The monoisotopic (exact) mass is 354 g/mol. The van der Waals surface area contributed by atoms with Crippen LogP contribution >= 0.6 is 0 Å². The number of hydrogen-bond donors (Lipinski definition) is 0. The number of rotatable bonds is 4. The Morgan fingerprint density at radius 2 is 2.16 bits per heavy atom. The molecule has 9 heteroatoms. The summed E-state index contributed by atoms with van der Waals surface area (Å²) in [4.78, 5) is 27.9. The highest BCUT2D eigenvalue weighted by molar-refractivity contribution is 5.95. The van der Waals surface area contributed by atoms with E-state index in [0.717, 1.165) is 4.90 Å². The zero-order chi connectivity index (χ0) is 18.1. The van der Waals surface area contributed by atoms with Crippen LogP contribution in [0, 0.1) is 5.41 Å². The van der Waals surface area contributed by atoms with E-state index in [0.29, 0.717) is 26.1 Å². The highest BCUT2D eigenvalue weighted by atomic mass is 19.3. The van der Waals surface area contributed by atoms with E-state index in [9.17, 15) is 18.4 Å². The van der Waals surface area contributed by atoms with Gasteiger partial charge in [0.05, 0.1) is 36.5 Å². The van der Waals surface area contributed by atoms with E-state index in [-0.39, 0.29) is 18.0 Å². The second kappa shape index (κ2) is 6.62. The van der Waals surface area contributed by atoms with Crippen molar-refractivity contribution in [2.24, 2.45) is 5.41 Å². The minimum absolute atomic E-state index is 0.00788. The molecule has 0 N–H and O–H groups in total. The van der Waals surface area contributed by atoms with Gasteiger partial charge >= 0.3 is 0 Å². The van der Waals surface area contributed by atoms with Gasteiger partial charge in [-0.05, 0) is 12.5 Å². The molecule has 0 saturated carbocycles. The Labute approximate surface area is 143 Å². The molecule has 1 spiro atoms. The minimum Gasteiger partial charge on any atom is -0.383 e. The number of hydrogen-bond acceptors (Lipinski definition) is 5.